The van der Waals surface area contributed by atoms with Crippen LogP contribution in [0.2, 0.25) is 0 Å². The van der Waals surface area contributed by atoms with Gasteiger partial charge in [0, 0.05) is 13.1 Å². The Morgan fingerprint density at radius 1 is 1.40 bits per heavy atom. The molecule has 1 saturated heterocycles. The van der Waals surface area contributed by atoms with Gasteiger partial charge < -0.3 is 14.7 Å². The summed E-state index contributed by atoms with van der Waals surface area (Å²) in [5, 5.41) is 17.4. The smallest absolute Gasteiger partial charge is 0.226 e. The molecule has 1 fully saturated rings. The zero-order chi connectivity index (χ0) is 18.0. The zero-order valence-corrected chi connectivity index (χ0v) is 14.8. The van der Waals surface area contributed by atoms with Crippen LogP contribution in [0.5, 0.6) is 5.75 Å². The second-order valence-electron chi connectivity index (χ2n) is 6.55. The Balaban J connectivity index is 1.43. The first-order valence-electron chi connectivity index (χ1n) is 8.52. The maximum Gasteiger partial charge on any atom is 0.226 e. The van der Waals surface area contributed by atoms with E-state index in [1.807, 2.05) is 32.0 Å². The molecule has 1 amide bonds. The van der Waals surface area contributed by atoms with E-state index in [-0.39, 0.29) is 11.9 Å². The number of nitrogens with zero attached hydrogens (tertiary/aromatic N) is 4. The van der Waals surface area contributed by atoms with Crippen molar-refractivity contribution >= 4 is 5.91 Å². The van der Waals surface area contributed by atoms with E-state index < -0.39 is 6.10 Å². The Morgan fingerprint density at radius 3 is 2.84 bits per heavy atom. The van der Waals surface area contributed by atoms with Gasteiger partial charge in [-0.25, -0.2) is 4.68 Å². The predicted octanol–water partition coefficient (Wildman–Crippen LogP) is 1.80. The summed E-state index contributed by atoms with van der Waals surface area (Å²) in [7, 11) is 0. The lowest BCUT2D eigenvalue weighted by atomic mass is 10.1. The SMILES string of the molecule is Cc1cccc(OCCC(=O)N2CC(n3cc(C(C)O)nn3)C2)c1C. The molecule has 2 heterocycles. The first kappa shape index (κ1) is 17.4. The quantitative estimate of drug-likeness (QED) is 0.864. The number of rotatable bonds is 6. The van der Waals surface area contributed by atoms with Crippen molar-refractivity contribution in [3.8, 4) is 5.75 Å². The summed E-state index contributed by atoms with van der Waals surface area (Å²) in [5.74, 6) is 0.917. The molecule has 2 aromatic rings. The van der Waals surface area contributed by atoms with Crippen molar-refractivity contribution in [2.45, 2.75) is 39.3 Å². The number of aliphatic hydroxyl groups is 1. The second-order valence-corrected chi connectivity index (χ2v) is 6.55. The number of carbonyl (C=O) groups is 1. The highest BCUT2D eigenvalue weighted by Gasteiger charge is 2.32. The van der Waals surface area contributed by atoms with E-state index in [4.69, 9.17) is 4.74 Å². The minimum atomic E-state index is -0.631. The van der Waals surface area contributed by atoms with Crippen molar-refractivity contribution in [3.05, 3.63) is 41.2 Å². The van der Waals surface area contributed by atoms with Gasteiger partial charge in [-0.05, 0) is 38.0 Å². The molecule has 0 bridgehead atoms. The molecule has 7 heteroatoms. The van der Waals surface area contributed by atoms with Crippen LogP contribution in [0.3, 0.4) is 0 Å². The topological polar surface area (TPSA) is 80.5 Å². The van der Waals surface area contributed by atoms with Gasteiger partial charge in [-0.15, -0.1) is 5.10 Å². The van der Waals surface area contributed by atoms with Crippen molar-refractivity contribution in [3.63, 3.8) is 0 Å². The van der Waals surface area contributed by atoms with E-state index in [0.29, 0.717) is 31.8 Å². The number of aromatic nitrogens is 3. The lowest BCUT2D eigenvalue weighted by Gasteiger charge is -2.38. The Hall–Kier alpha value is -2.41. The third-order valence-electron chi connectivity index (χ3n) is 4.67. The highest BCUT2D eigenvalue weighted by atomic mass is 16.5. The van der Waals surface area contributed by atoms with E-state index in [2.05, 4.69) is 10.3 Å². The fourth-order valence-electron chi connectivity index (χ4n) is 2.77. The lowest BCUT2D eigenvalue weighted by molar-refractivity contribution is -0.137. The zero-order valence-electron chi connectivity index (χ0n) is 14.8. The molecule has 1 N–H and O–H groups in total. The number of likely N-dealkylation sites (tertiary alicyclic amines) is 1. The first-order chi connectivity index (χ1) is 12.0. The number of amides is 1. The van der Waals surface area contributed by atoms with Crippen LogP contribution >= 0.6 is 0 Å². The monoisotopic (exact) mass is 344 g/mol. The van der Waals surface area contributed by atoms with Gasteiger partial charge in [0.15, 0.2) is 0 Å². The van der Waals surface area contributed by atoms with Crippen LogP contribution in [0.25, 0.3) is 0 Å². The summed E-state index contributed by atoms with van der Waals surface area (Å²) >= 11 is 0. The van der Waals surface area contributed by atoms with Crippen LogP contribution < -0.4 is 4.74 Å². The van der Waals surface area contributed by atoms with Crippen LogP contribution in [-0.2, 0) is 4.79 Å². The Kier molecular flexibility index (Phi) is 5.03. The highest BCUT2D eigenvalue weighted by Crippen LogP contribution is 2.23. The van der Waals surface area contributed by atoms with Gasteiger partial charge in [0.1, 0.15) is 11.4 Å². The fourth-order valence-corrected chi connectivity index (χ4v) is 2.77. The minimum absolute atomic E-state index is 0.0809. The third-order valence-corrected chi connectivity index (χ3v) is 4.67. The summed E-state index contributed by atoms with van der Waals surface area (Å²) in [6.45, 7) is 7.32. The number of hydrogen-bond acceptors (Lipinski definition) is 5. The average Bonchev–Trinajstić information content (AvgIpc) is 3.00. The largest absolute Gasteiger partial charge is 0.493 e. The molecular weight excluding hydrogens is 320 g/mol. The number of benzene rings is 1. The number of carbonyl (C=O) groups excluding carboxylic acids is 1. The number of aryl methyl sites for hydroxylation is 1. The molecule has 1 aliphatic heterocycles. The van der Waals surface area contributed by atoms with Crippen molar-refractivity contribution in [1.29, 1.82) is 0 Å². The molecule has 1 aromatic heterocycles. The van der Waals surface area contributed by atoms with Gasteiger partial charge in [0.05, 0.1) is 31.4 Å². The standard InChI is InChI=1S/C18H24N4O3/c1-12-5-4-6-17(13(12)2)25-8-7-18(24)21-9-15(10-21)22-11-16(14(3)23)19-20-22/h4-6,11,14-15,23H,7-10H2,1-3H3. The second kappa shape index (κ2) is 7.23. The molecule has 0 saturated carbocycles. The Bertz CT molecular complexity index is 751. The molecule has 0 spiro atoms. The van der Waals surface area contributed by atoms with E-state index in [1.165, 1.54) is 5.56 Å². The molecule has 25 heavy (non-hydrogen) atoms. The molecule has 1 atom stereocenters. The van der Waals surface area contributed by atoms with Crippen molar-refractivity contribution in [2.75, 3.05) is 19.7 Å². The summed E-state index contributed by atoms with van der Waals surface area (Å²) in [4.78, 5) is 14.0. The summed E-state index contributed by atoms with van der Waals surface area (Å²) < 4.78 is 7.47. The van der Waals surface area contributed by atoms with Crippen LogP contribution in [0.4, 0.5) is 0 Å². The normalized spacial score (nSPS) is 15.8. The minimum Gasteiger partial charge on any atom is -0.493 e. The number of ether oxygens (including phenoxy) is 1. The average molecular weight is 344 g/mol. The molecule has 134 valence electrons. The van der Waals surface area contributed by atoms with E-state index >= 15 is 0 Å². The van der Waals surface area contributed by atoms with Crippen molar-refractivity contribution < 1.29 is 14.6 Å². The lowest BCUT2D eigenvalue weighted by Crippen LogP contribution is -2.51. The van der Waals surface area contributed by atoms with Crippen LogP contribution in [-0.4, -0.2) is 50.6 Å². The molecule has 0 radical (unpaired) electrons. The highest BCUT2D eigenvalue weighted by molar-refractivity contribution is 5.77. The van der Waals surface area contributed by atoms with E-state index in [9.17, 15) is 9.90 Å². The first-order valence-corrected chi connectivity index (χ1v) is 8.52. The van der Waals surface area contributed by atoms with Gasteiger partial charge in [0.25, 0.3) is 0 Å². The summed E-state index contributed by atoms with van der Waals surface area (Å²) in [6, 6.07) is 6.06. The Morgan fingerprint density at radius 2 is 2.16 bits per heavy atom. The summed E-state index contributed by atoms with van der Waals surface area (Å²) in [6.07, 6.45) is 1.46. The van der Waals surface area contributed by atoms with Crippen LogP contribution in [0.1, 0.15) is 42.3 Å². The van der Waals surface area contributed by atoms with Crippen molar-refractivity contribution in [1.82, 2.24) is 19.9 Å². The number of hydrogen-bond donors (Lipinski definition) is 1. The predicted molar refractivity (Wildman–Crippen MR) is 92.3 cm³/mol. The molecule has 1 unspecified atom stereocenters. The molecular formula is C18H24N4O3. The van der Waals surface area contributed by atoms with Gasteiger partial charge in [-0.1, -0.05) is 17.3 Å². The molecule has 1 aromatic carbocycles. The van der Waals surface area contributed by atoms with Gasteiger partial charge in [-0.3, -0.25) is 4.79 Å². The van der Waals surface area contributed by atoms with E-state index in [0.717, 1.165) is 11.3 Å². The molecule has 0 aliphatic carbocycles. The number of aliphatic hydroxyl groups excluding tert-OH is 1. The van der Waals surface area contributed by atoms with Gasteiger partial charge in [-0.2, -0.15) is 0 Å². The third kappa shape index (κ3) is 3.82. The molecule has 7 nitrogen and oxygen atoms in total. The van der Waals surface area contributed by atoms with Gasteiger partial charge in [0.2, 0.25) is 5.91 Å². The maximum atomic E-state index is 12.2. The summed E-state index contributed by atoms with van der Waals surface area (Å²) in [5.41, 5.74) is 2.84. The van der Waals surface area contributed by atoms with Crippen LogP contribution in [0, 0.1) is 13.8 Å². The van der Waals surface area contributed by atoms with Gasteiger partial charge >= 0.3 is 0 Å². The van der Waals surface area contributed by atoms with Crippen molar-refractivity contribution in [2.24, 2.45) is 0 Å². The van der Waals surface area contributed by atoms with E-state index in [1.54, 1.807) is 22.7 Å². The fraction of sp³-hybridized carbons (Fsp3) is 0.500. The van der Waals surface area contributed by atoms with Crippen LogP contribution in [0.15, 0.2) is 24.4 Å². The molecule has 3 rings (SSSR count). The Labute approximate surface area is 147 Å². The maximum absolute atomic E-state index is 12.2. The molecule has 1 aliphatic rings.